The number of rotatable bonds is 10. The summed E-state index contributed by atoms with van der Waals surface area (Å²) >= 11 is 0. The highest BCUT2D eigenvalue weighted by atomic mass is 16.3. The van der Waals surface area contributed by atoms with E-state index in [1.807, 2.05) is 0 Å². The molecule has 0 saturated heterocycles. The van der Waals surface area contributed by atoms with Crippen molar-refractivity contribution in [3.8, 4) is 33.4 Å². The molecule has 1 aromatic heterocycles. The predicted octanol–water partition coefficient (Wildman–Crippen LogP) is 18.4. The third kappa shape index (κ3) is 6.59. The SMILES string of the molecule is c1ccc(-c2ccc(N(c3ccccc3)c3ccc4c(c3)C(c3ccc5c(c3)CC5)(c3ccc5c(c3)CC5)c3cc(N(c5ccccc5)c5ccc(-c6ccccc6)cc5)c5c(oc6ccccc65)c3-4)cc2)cc1. The van der Waals surface area contributed by atoms with Gasteiger partial charge in [0.2, 0.25) is 0 Å². The Labute approximate surface area is 431 Å². The predicted molar refractivity (Wildman–Crippen MR) is 306 cm³/mol. The van der Waals surface area contributed by atoms with E-state index in [9.17, 15) is 0 Å². The second-order valence-corrected chi connectivity index (χ2v) is 20.2. The van der Waals surface area contributed by atoms with Crippen molar-refractivity contribution < 1.29 is 4.42 Å². The molecule has 0 atom stereocenters. The fourth-order valence-electron chi connectivity index (χ4n) is 12.5. The molecule has 0 fully saturated rings. The molecule has 0 unspecified atom stereocenters. The topological polar surface area (TPSA) is 19.6 Å². The summed E-state index contributed by atoms with van der Waals surface area (Å²) in [5.41, 5.74) is 25.5. The van der Waals surface area contributed by atoms with Crippen molar-refractivity contribution in [1.82, 2.24) is 0 Å². The first-order valence-electron chi connectivity index (χ1n) is 26.1. The highest BCUT2D eigenvalue weighted by Crippen LogP contribution is 2.62. The fraction of sp³-hybridized carbons (Fsp3) is 0.0704. The highest BCUT2D eigenvalue weighted by molar-refractivity contribution is 6.19. The smallest absolute Gasteiger partial charge is 0.145 e. The van der Waals surface area contributed by atoms with Crippen molar-refractivity contribution in [2.75, 3.05) is 9.80 Å². The second-order valence-electron chi connectivity index (χ2n) is 20.2. The molecule has 0 N–H and O–H groups in total. The summed E-state index contributed by atoms with van der Waals surface area (Å²) in [6.07, 6.45) is 4.40. The zero-order chi connectivity index (χ0) is 48.7. The largest absolute Gasteiger partial charge is 0.455 e. The van der Waals surface area contributed by atoms with Crippen LogP contribution in [-0.2, 0) is 31.1 Å². The number of hydrogen-bond acceptors (Lipinski definition) is 3. The Balaban J connectivity index is 1.04. The molecule has 3 aliphatic carbocycles. The minimum absolute atomic E-state index is 0.725. The summed E-state index contributed by atoms with van der Waals surface area (Å²) in [4.78, 5) is 4.89. The highest BCUT2D eigenvalue weighted by Gasteiger charge is 2.49. The summed E-state index contributed by atoms with van der Waals surface area (Å²) in [7, 11) is 0. The van der Waals surface area contributed by atoms with E-state index in [1.165, 1.54) is 72.3 Å². The maximum absolute atomic E-state index is 7.39. The third-order valence-electron chi connectivity index (χ3n) is 16.3. The molecule has 11 aromatic carbocycles. The second kappa shape index (κ2) is 17.0. The van der Waals surface area contributed by atoms with Gasteiger partial charge >= 0.3 is 0 Å². The first-order chi connectivity index (χ1) is 36.7. The van der Waals surface area contributed by atoms with Crippen LogP contribution < -0.4 is 9.80 Å². The van der Waals surface area contributed by atoms with Gasteiger partial charge in [0, 0.05) is 39.4 Å². The van der Waals surface area contributed by atoms with Crippen LogP contribution in [0, 0.1) is 0 Å². The molecule has 0 aliphatic heterocycles. The molecule has 350 valence electrons. The maximum atomic E-state index is 7.39. The van der Waals surface area contributed by atoms with Crippen LogP contribution in [0.3, 0.4) is 0 Å². The van der Waals surface area contributed by atoms with E-state index < -0.39 is 5.41 Å². The fourth-order valence-corrected chi connectivity index (χ4v) is 12.5. The van der Waals surface area contributed by atoms with Gasteiger partial charge in [0.25, 0.3) is 0 Å². The Morgan fingerprint density at radius 3 is 1.34 bits per heavy atom. The zero-order valence-electron chi connectivity index (χ0n) is 40.9. The van der Waals surface area contributed by atoms with Crippen LogP contribution in [0.15, 0.2) is 259 Å². The number of furan rings is 1. The normalized spacial score (nSPS) is 13.6. The first kappa shape index (κ1) is 42.5. The molecule has 0 bridgehead atoms. The van der Waals surface area contributed by atoms with E-state index in [2.05, 4.69) is 265 Å². The zero-order valence-corrected chi connectivity index (χ0v) is 40.9. The molecule has 0 spiro atoms. The van der Waals surface area contributed by atoms with Crippen LogP contribution >= 0.6 is 0 Å². The van der Waals surface area contributed by atoms with Gasteiger partial charge in [-0.2, -0.15) is 0 Å². The van der Waals surface area contributed by atoms with Gasteiger partial charge in [-0.25, -0.2) is 0 Å². The standard InChI is InChI=1S/C71H50N2O/c1-5-15-47(16-6-1)49-31-37-59(38-32-49)72(57-19-9-3-10-20-57)61-41-42-62-64(45-61)71(55-35-29-51-25-27-53(51)43-55,56-36-30-52-26-28-54(52)44-56)65-46-66(69-63-23-13-14-24-67(63)74-70(69)68(62)65)73(58-21-11-4-12-22-58)60-39-33-50(34-40-60)48-17-7-2-8-18-48/h1-24,29-46H,25-28H2. The molecule has 1 heterocycles. The average molecular weight is 947 g/mol. The van der Waals surface area contributed by atoms with Crippen molar-refractivity contribution in [2.24, 2.45) is 0 Å². The first-order valence-corrected chi connectivity index (χ1v) is 26.1. The number of para-hydroxylation sites is 3. The number of fused-ring (bicyclic) bond motifs is 9. The van der Waals surface area contributed by atoms with Gasteiger partial charge in [0.05, 0.1) is 16.5 Å². The van der Waals surface area contributed by atoms with Crippen molar-refractivity contribution in [2.45, 2.75) is 31.1 Å². The lowest BCUT2D eigenvalue weighted by Crippen LogP contribution is -2.31. The molecule has 74 heavy (non-hydrogen) atoms. The number of anilines is 6. The molecule has 3 nitrogen and oxygen atoms in total. The van der Waals surface area contributed by atoms with Crippen LogP contribution in [0.5, 0.6) is 0 Å². The molecular formula is C71H50N2O. The van der Waals surface area contributed by atoms with Crippen molar-refractivity contribution >= 4 is 56.1 Å². The third-order valence-corrected chi connectivity index (χ3v) is 16.3. The van der Waals surface area contributed by atoms with Gasteiger partial charge in [-0.3, -0.25) is 0 Å². The van der Waals surface area contributed by atoms with Gasteiger partial charge in [0.1, 0.15) is 11.2 Å². The van der Waals surface area contributed by atoms with E-state index in [1.54, 1.807) is 0 Å². The monoisotopic (exact) mass is 946 g/mol. The van der Waals surface area contributed by atoms with Crippen LogP contribution in [-0.4, -0.2) is 0 Å². The summed E-state index contributed by atoms with van der Waals surface area (Å²) in [6, 6.07) is 94.4. The summed E-state index contributed by atoms with van der Waals surface area (Å²) in [6.45, 7) is 0. The van der Waals surface area contributed by atoms with Gasteiger partial charge < -0.3 is 14.2 Å². The Morgan fingerprint density at radius 1 is 0.338 bits per heavy atom. The number of nitrogens with zero attached hydrogens (tertiary/aromatic N) is 2. The van der Waals surface area contributed by atoms with Crippen molar-refractivity contribution in [1.29, 1.82) is 0 Å². The van der Waals surface area contributed by atoms with E-state index in [4.69, 9.17) is 4.42 Å². The lowest BCUT2D eigenvalue weighted by Gasteiger charge is -2.38. The molecule has 0 saturated carbocycles. The Bertz CT molecular complexity index is 4050. The number of aryl methyl sites for hydroxylation is 4. The molecule has 12 aromatic rings. The molecule has 15 rings (SSSR count). The summed E-state index contributed by atoms with van der Waals surface area (Å²) < 4.78 is 7.39. The maximum Gasteiger partial charge on any atom is 0.145 e. The molecule has 3 heteroatoms. The van der Waals surface area contributed by atoms with E-state index in [-0.39, 0.29) is 0 Å². The lowest BCUT2D eigenvalue weighted by atomic mass is 9.65. The van der Waals surface area contributed by atoms with Crippen LogP contribution in [0.2, 0.25) is 0 Å². The molecule has 0 radical (unpaired) electrons. The van der Waals surface area contributed by atoms with Crippen LogP contribution in [0.1, 0.15) is 44.5 Å². The van der Waals surface area contributed by atoms with Crippen LogP contribution in [0.4, 0.5) is 34.1 Å². The van der Waals surface area contributed by atoms with Crippen LogP contribution in [0.25, 0.3) is 55.3 Å². The van der Waals surface area contributed by atoms with Gasteiger partial charge in [0.15, 0.2) is 0 Å². The quantitative estimate of drug-likeness (QED) is 0.136. The molecular weight excluding hydrogens is 897 g/mol. The number of benzene rings is 11. The Hall–Kier alpha value is -9.18. The minimum Gasteiger partial charge on any atom is -0.455 e. The Morgan fingerprint density at radius 2 is 0.797 bits per heavy atom. The van der Waals surface area contributed by atoms with Gasteiger partial charge in [-0.1, -0.05) is 182 Å². The van der Waals surface area contributed by atoms with Crippen molar-refractivity contribution in [3.63, 3.8) is 0 Å². The van der Waals surface area contributed by atoms with Gasteiger partial charge in [-0.05, 0) is 171 Å². The summed E-state index contributed by atoms with van der Waals surface area (Å²) in [5, 5.41) is 2.19. The van der Waals surface area contributed by atoms with E-state index in [0.29, 0.717) is 0 Å². The van der Waals surface area contributed by atoms with Crippen molar-refractivity contribution in [3.05, 3.63) is 299 Å². The van der Waals surface area contributed by atoms with Gasteiger partial charge in [-0.15, -0.1) is 0 Å². The average Bonchev–Trinajstić information content (AvgIpc) is 4.13. The lowest BCUT2D eigenvalue weighted by molar-refractivity contribution is 0.668. The molecule has 0 amide bonds. The van der Waals surface area contributed by atoms with E-state index >= 15 is 0 Å². The summed E-state index contributed by atoms with van der Waals surface area (Å²) in [5.74, 6) is 0. The number of hydrogen-bond donors (Lipinski definition) is 0. The Kier molecular flexibility index (Phi) is 9.75. The molecule has 3 aliphatic rings. The minimum atomic E-state index is -0.725. The van der Waals surface area contributed by atoms with E-state index in [0.717, 1.165) is 87.3 Å².